The molecule has 1 unspecified atom stereocenters. The molecule has 0 bridgehead atoms. The molecule has 3 rings (SSSR count). The van der Waals surface area contributed by atoms with E-state index in [4.69, 9.17) is 5.73 Å². The van der Waals surface area contributed by atoms with Crippen molar-refractivity contribution >= 4 is 21.4 Å². The summed E-state index contributed by atoms with van der Waals surface area (Å²) in [7, 11) is 0. The Hall–Kier alpha value is -1.64. The third-order valence-electron chi connectivity index (χ3n) is 4.29. The molecule has 108 valence electrons. The summed E-state index contributed by atoms with van der Waals surface area (Å²) in [4.78, 5) is 0. The Bertz CT molecular complexity index is 783. The van der Waals surface area contributed by atoms with Crippen LogP contribution in [0.3, 0.4) is 0 Å². The van der Waals surface area contributed by atoms with Gasteiger partial charge in [-0.25, -0.2) is 0 Å². The Kier molecular flexibility index (Phi) is 3.60. The molecule has 1 heterocycles. The predicted molar refractivity (Wildman–Crippen MR) is 93.0 cm³/mol. The summed E-state index contributed by atoms with van der Waals surface area (Å²) in [6.07, 6.45) is 0.861. The van der Waals surface area contributed by atoms with Gasteiger partial charge in [-0.2, -0.15) is 0 Å². The highest BCUT2D eigenvalue weighted by Crippen LogP contribution is 2.31. The maximum atomic E-state index is 6.64. The topological polar surface area (TPSA) is 26.0 Å². The fraction of sp³-hybridized carbons (Fsp3) is 0.263. The van der Waals surface area contributed by atoms with Gasteiger partial charge < -0.3 is 5.73 Å². The van der Waals surface area contributed by atoms with Crippen LogP contribution in [-0.2, 0) is 12.0 Å². The lowest BCUT2D eigenvalue weighted by Crippen LogP contribution is -2.35. The van der Waals surface area contributed by atoms with Crippen LogP contribution in [0.1, 0.15) is 29.2 Å². The molecule has 21 heavy (non-hydrogen) atoms. The standard InChI is InChI=1S/C19H21NS/c1-13-8-9-16(10-14(13)2)19(3,20)11-15-12-21-18-7-5-4-6-17(15)18/h4-10,12H,11,20H2,1-3H3. The molecule has 0 saturated carbocycles. The van der Waals surface area contributed by atoms with E-state index in [0.29, 0.717) is 0 Å². The van der Waals surface area contributed by atoms with Crippen LogP contribution < -0.4 is 5.73 Å². The fourth-order valence-electron chi connectivity index (χ4n) is 2.76. The Balaban J connectivity index is 1.97. The highest BCUT2D eigenvalue weighted by atomic mass is 32.1. The van der Waals surface area contributed by atoms with Gasteiger partial charge >= 0.3 is 0 Å². The summed E-state index contributed by atoms with van der Waals surface area (Å²) in [5, 5.41) is 3.58. The highest BCUT2D eigenvalue weighted by molar-refractivity contribution is 7.17. The van der Waals surface area contributed by atoms with Gasteiger partial charge in [-0.1, -0.05) is 36.4 Å². The molecule has 0 aliphatic carbocycles. The minimum atomic E-state index is -0.345. The number of thiophene rings is 1. The summed E-state index contributed by atoms with van der Waals surface area (Å²) < 4.78 is 1.34. The molecule has 1 atom stereocenters. The van der Waals surface area contributed by atoms with Crippen molar-refractivity contribution < 1.29 is 0 Å². The van der Waals surface area contributed by atoms with Gasteiger partial charge in [0.05, 0.1) is 0 Å². The first-order chi connectivity index (χ1) is 9.97. The van der Waals surface area contributed by atoms with Crippen molar-refractivity contribution in [3.63, 3.8) is 0 Å². The number of hydrogen-bond donors (Lipinski definition) is 1. The van der Waals surface area contributed by atoms with Crippen molar-refractivity contribution in [1.82, 2.24) is 0 Å². The zero-order valence-corrected chi connectivity index (χ0v) is 13.6. The van der Waals surface area contributed by atoms with E-state index in [-0.39, 0.29) is 5.54 Å². The third-order valence-corrected chi connectivity index (χ3v) is 5.30. The van der Waals surface area contributed by atoms with Crippen molar-refractivity contribution in [2.24, 2.45) is 5.73 Å². The van der Waals surface area contributed by atoms with E-state index in [1.165, 1.54) is 32.3 Å². The van der Waals surface area contributed by atoms with Crippen molar-refractivity contribution in [1.29, 1.82) is 0 Å². The lowest BCUT2D eigenvalue weighted by atomic mass is 9.85. The highest BCUT2D eigenvalue weighted by Gasteiger charge is 2.23. The second-order valence-corrected chi connectivity index (χ2v) is 7.06. The van der Waals surface area contributed by atoms with Crippen LogP contribution >= 0.6 is 11.3 Å². The molecule has 0 aliphatic heterocycles. The fourth-order valence-corrected chi connectivity index (χ4v) is 3.73. The Labute approximate surface area is 130 Å². The average molecular weight is 295 g/mol. The second kappa shape index (κ2) is 5.28. The largest absolute Gasteiger partial charge is 0.321 e. The quantitative estimate of drug-likeness (QED) is 0.728. The Morgan fingerprint density at radius 2 is 1.81 bits per heavy atom. The van der Waals surface area contributed by atoms with Gasteiger partial charge in [-0.3, -0.25) is 0 Å². The minimum absolute atomic E-state index is 0.345. The average Bonchev–Trinajstić information content (AvgIpc) is 2.85. The first-order valence-electron chi connectivity index (χ1n) is 7.29. The van der Waals surface area contributed by atoms with Gasteiger partial charge in [0.25, 0.3) is 0 Å². The summed E-state index contributed by atoms with van der Waals surface area (Å²) in [6.45, 7) is 6.41. The van der Waals surface area contributed by atoms with Crippen LogP contribution in [0.25, 0.3) is 10.1 Å². The molecular formula is C19H21NS. The summed E-state index contributed by atoms with van der Waals surface area (Å²) >= 11 is 1.80. The van der Waals surface area contributed by atoms with E-state index in [2.05, 4.69) is 68.6 Å². The van der Waals surface area contributed by atoms with E-state index in [0.717, 1.165) is 6.42 Å². The zero-order chi connectivity index (χ0) is 15.0. The number of fused-ring (bicyclic) bond motifs is 1. The van der Waals surface area contributed by atoms with Crippen LogP contribution in [0.2, 0.25) is 0 Å². The molecule has 1 aromatic heterocycles. The van der Waals surface area contributed by atoms with Gasteiger partial charge in [0, 0.05) is 10.2 Å². The van der Waals surface area contributed by atoms with Crippen molar-refractivity contribution in [3.05, 3.63) is 70.1 Å². The lowest BCUT2D eigenvalue weighted by Gasteiger charge is -2.26. The van der Waals surface area contributed by atoms with E-state index in [1.54, 1.807) is 11.3 Å². The molecule has 0 aliphatic rings. The molecule has 2 aromatic carbocycles. The number of benzene rings is 2. The third kappa shape index (κ3) is 2.74. The van der Waals surface area contributed by atoms with Crippen LogP contribution in [0.5, 0.6) is 0 Å². The van der Waals surface area contributed by atoms with Gasteiger partial charge in [-0.15, -0.1) is 11.3 Å². The molecule has 1 nitrogen and oxygen atoms in total. The molecule has 2 heteroatoms. The summed E-state index contributed by atoms with van der Waals surface area (Å²) in [5.41, 5.74) is 11.5. The van der Waals surface area contributed by atoms with E-state index >= 15 is 0 Å². The van der Waals surface area contributed by atoms with Crippen molar-refractivity contribution in [2.75, 3.05) is 0 Å². The Morgan fingerprint density at radius 3 is 2.57 bits per heavy atom. The maximum Gasteiger partial charge on any atom is 0.0422 e. The molecule has 3 aromatic rings. The number of nitrogens with two attached hydrogens (primary N) is 1. The summed E-state index contributed by atoms with van der Waals surface area (Å²) in [6, 6.07) is 15.1. The van der Waals surface area contributed by atoms with E-state index in [1.807, 2.05) is 0 Å². The van der Waals surface area contributed by atoms with E-state index < -0.39 is 0 Å². The normalized spacial score (nSPS) is 14.3. The van der Waals surface area contributed by atoms with E-state index in [9.17, 15) is 0 Å². The number of rotatable bonds is 3. The van der Waals surface area contributed by atoms with Crippen LogP contribution in [-0.4, -0.2) is 0 Å². The lowest BCUT2D eigenvalue weighted by molar-refractivity contribution is 0.493. The van der Waals surface area contributed by atoms with Gasteiger partial charge in [0.2, 0.25) is 0 Å². The van der Waals surface area contributed by atoms with Crippen molar-refractivity contribution in [2.45, 2.75) is 32.7 Å². The predicted octanol–water partition coefficient (Wildman–Crippen LogP) is 4.93. The maximum absolute atomic E-state index is 6.64. The summed E-state index contributed by atoms with van der Waals surface area (Å²) in [5.74, 6) is 0. The second-order valence-electron chi connectivity index (χ2n) is 6.15. The Morgan fingerprint density at radius 1 is 1.05 bits per heavy atom. The van der Waals surface area contributed by atoms with Gasteiger partial charge in [0.15, 0.2) is 0 Å². The van der Waals surface area contributed by atoms with Crippen LogP contribution in [0, 0.1) is 13.8 Å². The smallest absolute Gasteiger partial charge is 0.0422 e. The molecular weight excluding hydrogens is 274 g/mol. The number of hydrogen-bond acceptors (Lipinski definition) is 2. The first-order valence-corrected chi connectivity index (χ1v) is 8.17. The first kappa shape index (κ1) is 14.3. The SMILES string of the molecule is Cc1ccc(C(C)(N)Cc2csc3ccccc23)cc1C. The van der Waals surface area contributed by atoms with Crippen molar-refractivity contribution in [3.8, 4) is 0 Å². The monoisotopic (exact) mass is 295 g/mol. The molecule has 0 amide bonds. The van der Waals surface area contributed by atoms with Gasteiger partial charge in [0.1, 0.15) is 0 Å². The van der Waals surface area contributed by atoms with Crippen LogP contribution in [0.4, 0.5) is 0 Å². The van der Waals surface area contributed by atoms with Crippen LogP contribution in [0.15, 0.2) is 47.8 Å². The number of aryl methyl sites for hydroxylation is 2. The molecule has 0 fully saturated rings. The zero-order valence-electron chi connectivity index (χ0n) is 12.8. The van der Waals surface area contributed by atoms with Gasteiger partial charge in [-0.05, 0) is 66.3 Å². The molecule has 2 N–H and O–H groups in total. The minimum Gasteiger partial charge on any atom is -0.321 e. The molecule has 0 radical (unpaired) electrons. The molecule has 0 spiro atoms. The molecule has 0 saturated heterocycles.